The largest absolute Gasteiger partial charge is 0.416 e. The molecule has 0 fully saturated rings. The first-order chi connectivity index (χ1) is 13.8. The second kappa shape index (κ2) is 9.19. The first-order valence-corrected chi connectivity index (χ1v) is 10.2. The summed E-state index contributed by atoms with van der Waals surface area (Å²) in [7, 11) is 0. The summed E-state index contributed by atoms with van der Waals surface area (Å²) in [5, 5.41) is 13.7. The molecule has 0 radical (unpaired) electrons. The Hall–Kier alpha value is -2.72. The molecular weight excluding hydrogens is 421 g/mol. The summed E-state index contributed by atoms with van der Waals surface area (Å²) in [5.41, 5.74) is -0.106. The highest BCUT2D eigenvalue weighted by atomic mass is 32.2. The van der Waals surface area contributed by atoms with Crippen molar-refractivity contribution in [1.82, 2.24) is 10.2 Å². The number of carbonyl (C=O) groups is 1. The van der Waals surface area contributed by atoms with Crippen molar-refractivity contribution in [3.63, 3.8) is 0 Å². The number of aryl methyl sites for hydroxylation is 1. The quantitative estimate of drug-likeness (QED) is 0.309. The van der Waals surface area contributed by atoms with Crippen molar-refractivity contribution >= 4 is 40.9 Å². The van der Waals surface area contributed by atoms with Gasteiger partial charge in [0, 0.05) is 0 Å². The molecule has 29 heavy (non-hydrogen) atoms. The third-order valence-corrected chi connectivity index (χ3v) is 5.56. The number of rotatable bonds is 6. The van der Waals surface area contributed by atoms with Crippen LogP contribution in [0, 0.1) is 6.92 Å². The van der Waals surface area contributed by atoms with E-state index >= 15 is 0 Å². The van der Waals surface area contributed by atoms with Gasteiger partial charge in [0.25, 0.3) is 5.91 Å². The number of halogens is 3. The van der Waals surface area contributed by atoms with E-state index in [2.05, 4.69) is 15.3 Å². The maximum atomic E-state index is 13.1. The molecule has 0 saturated heterocycles. The van der Waals surface area contributed by atoms with Crippen LogP contribution in [-0.2, 0) is 11.0 Å². The van der Waals surface area contributed by atoms with E-state index in [9.17, 15) is 18.0 Å². The molecule has 3 aromatic rings. The Labute approximate surface area is 173 Å². The van der Waals surface area contributed by atoms with Crippen LogP contribution < -0.4 is 5.01 Å². The minimum absolute atomic E-state index is 0.0334. The summed E-state index contributed by atoms with van der Waals surface area (Å²) in [6.45, 7) is 1.79. The maximum absolute atomic E-state index is 13.1. The molecule has 2 aromatic carbocycles. The van der Waals surface area contributed by atoms with E-state index in [1.54, 1.807) is 31.2 Å². The normalized spacial score (nSPS) is 11.7. The third kappa shape index (κ3) is 5.88. The van der Waals surface area contributed by atoms with E-state index < -0.39 is 17.6 Å². The highest BCUT2D eigenvalue weighted by Gasteiger charge is 2.31. The zero-order chi connectivity index (χ0) is 20.9. The lowest BCUT2D eigenvalue weighted by Crippen LogP contribution is -2.27. The molecule has 0 aliphatic rings. The van der Waals surface area contributed by atoms with Crippen molar-refractivity contribution < 1.29 is 18.0 Å². The Morgan fingerprint density at radius 1 is 1.17 bits per heavy atom. The number of hydrazone groups is 1. The molecule has 5 nitrogen and oxygen atoms in total. The number of alkyl halides is 3. The lowest BCUT2D eigenvalue weighted by atomic mass is 10.2. The predicted molar refractivity (Wildman–Crippen MR) is 108 cm³/mol. The lowest BCUT2D eigenvalue weighted by Gasteiger charge is -2.18. The maximum Gasteiger partial charge on any atom is 0.416 e. The number of thioether (sulfide) groups is 1. The molecular formula is C19H15F3N4OS2. The lowest BCUT2D eigenvalue weighted by molar-refractivity contribution is -0.137. The first kappa shape index (κ1) is 21.0. The number of anilines is 1. The van der Waals surface area contributed by atoms with E-state index in [-0.39, 0.29) is 11.4 Å². The van der Waals surface area contributed by atoms with Gasteiger partial charge in [-0.25, -0.2) is 5.01 Å². The van der Waals surface area contributed by atoms with Gasteiger partial charge in [0.05, 0.1) is 23.2 Å². The monoisotopic (exact) mass is 436 g/mol. The Balaban J connectivity index is 1.86. The Morgan fingerprint density at radius 2 is 1.93 bits per heavy atom. The Morgan fingerprint density at radius 3 is 2.59 bits per heavy atom. The summed E-state index contributed by atoms with van der Waals surface area (Å²) in [4.78, 5) is 12.8. The molecule has 150 valence electrons. The summed E-state index contributed by atoms with van der Waals surface area (Å²) < 4.78 is 39.9. The van der Waals surface area contributed by atoms with Gasteiger partial charge in [-0.05, 0) is 30.7 Å². The summed E-state index contributed by atoms with van der Waals surface area (Å²) in [6.07, 6.45) is -3.09. The molecule has 0 N–H and O–H groups in total. The number of benzene rings is 2. The highest BCUT2D eigenvalue weighted by molar-refractivity contribution is 8.01. The minimum Gasteiger partial charge on any atom is -0.272 e. The van der Waals surface area contributed by atoms with E-state index in [1.165, 1.54) is 29.7 Å². The minimum atomic E-state index is -4.52. The van der Waals surface area contributed by atoms with Crippen LogP contribution in [0.15, 0.2) is 64.0 Å². The molecule has 1 heterocycles. The van der Waals surface area contributed by atoms with Gasteiger partial charge in [0.15, 0.2) is 4.34 Å². The number of amides is 1. The molecule has 1 amide bonds. The van der Waals surface area contributed by atoms with E-state index in [0.29, 0.717) is 9.90 Å². The number of aromatic nitrogens is 2. The van der Waals surface area contributed by atoms with Crippen LogP contribution in [0.1, 0.15) is 16.1 Å². The van der Waals surface area contributed by atoms with Gasteiger partial charge in [0.1, 0.15) is 5.01 Å². The van der Waals surface area contributed by atoms with Crippen molar-refractivity contribution in [2.24, 2.45) is 5.10 Å². The first-order valence-electron chi connectivity index (χ1n) is 8.35. The average Bonchev–Trinajstić information content (AvgIpc) is 3.12. The standard InChI is InChI=1S/C19H15F3N4OS2/c1-13-24-25-18(29-13)28-12-17(27)26(23-11-14-6-3-2-4-7-14)16-9-5-8-15(10-16)19(20,21)22/h2-11H,12H2,1H3/b23-11+. The number of hydrogen-bond donors (Lipinski definition) is 0. The summed E-state index contributed by atoms with van der Waals surface area (Å²) >= 11 is 2.50. The van der Waals surface area contributed by atoms with Crippen LogP contribution in [0.5, 0.6) is 0 Å². The van der Waals surface area contributed by atoms with Gasteiger partial charge in [-0.2, -0.15) is 18.3 Å². The summed E-state index contributed by atoms with van der Waals surface area (Å²) in [6, 6.07) is 13.5. The second-order valence-electron chi connectivity index (χ2n) is 5.78. The molecule has 0 bridgehead atoms. The Bertz CT molecular complexity index is 1010. The topological polar surface area (TPSA) is 58.5 Å². The van der Waals surface area contributed by atoms with Gasteiger partial charge >= 0.3 is 6.18 Å². The fourth-order valence-corrected chi connectivity index (χ4v) is 3.93. The fraction of sp³-hybridized carbons (Fsp3) is 0.158. The van der Waals surface area contributed by atoms with E-state index in [0.717, 1.165) is 33.9 Å². The van der Waals surface area contributed by atoms with Crippen LogP contribution in [0.4, 0.5) is 18.9 Å². The van der Waals surface area contributed by atoms with Crippen LogP contribution in [-0.4, -0.2) is 28.1 Å². The zero-order valence-corrected chi connectivity index (χ0v) is 16.8. The molecule has 1 aromatic heterocycles. The SMILES string of the molecule is Cc1nnc(SCC(=O)N(/N=C/c2ccccc2)c2cccc(C(F)(F)F)c2)s1. The fourth-order valence-electron chi connectivity index (χ4n) is 2.27. The zero-order valence-electron chi connectivity index (χ0n) is 15.1. The van der Waals surface area contributed by atoms with Crippen LogP contribution in [0.3, 0.4) is 0 Å². The van der Waals surface area contributed by atoms with Gasteiger partial charge in [-0.1, -0.05) is 59.5 Å². The predicted octanol–water partition coefficient (Wildman–Crippen LogP) is 5.02. The molecule has 3 rings (SSSR count). The molecule has 0 aliphatic carbocycles. The molecule has 0 saturated carbocycles. The molecule has 10 heteroatoms. The Kier molecular flexibility index (Phi) is 6.65. The van der Waals surface area contributed by atoms with E-state index in [1.807, 2.05) is 6.07 Å². The second-order valence-corrected chi connectivity index (χ2v) is 8.19. The smallest absolute Gasteiger partial charge is 0.272 e. The summed E-state index contributed by atoms with van der Waals surface area (Å²) in [5.74, 6) is -0.522. The van der Waals surface area contributed by atoms with Gasteiger partial charge in [0.2, 0.25) is 0 Å². The van der Waals surface area contributed by atoms with E-state index in [4.69, 9.17) is 0 Å². The van der Waals surface area contributed by atoms with Gasteiger partial charge in [-0.15, -0.1) is 10.2 Å². The van der Waals surface area contributed by atoms with Crippen molar-refractivity contribution in [3.05, 3.63) is 70.7 Å². The third-order valence-electron chi connectivity index (χ3n) is 3.60. The van der Waals surface area contributed by atoms with Crippen LogP contribution in [0.2, 0.25) is 0 Å². The molecule has 0 aliphatic heterocycles. The van der Waals surface area contributed by atoms with Crippen molar-refractivity contribution in [2.45, 2.75) is 17.4 Å². The van der Waals surface area contributed by atoms with Crippen LogP contribution >= 0.6 is 23.1 Å². The van der Waals surface area contributed by atoms with Gasteiger partial charge < -0.3 is 0 Å². The number of hydrogen-bond acceptors (Lipinski definition) is 6. The van der Waals surface area contributed by atoms with Crippen LogP contribution in [0.25, 0.3) is 0 Å². The van der Waals surface area contributed by atoms with Crippen molar-refractivity contribution in [2.75, 3.05) is 10.8 Å². The van der Waals surface area contributed by atoms with Gasteiger partial charge in [-0.3, -0.25) is 4.79 Å². The molecule has 0 unspecified atom stereocenters. The number of carbonyl (C=O) groups excluding carboxylic acids is 1. The van der Waals surface area contributed by atoms with Crippen molar-refractivity contribution in [1.29, 1.82) is 0 Å². The highest BCUT2D eigenvalue weighted by Crippen LogP contribution is 2.32. The average molecular weight is 436 g/mol. The number of nitrogens with zero attached hydrogens (tertiary/aromatic N) is 4. The molecule has 0 spiro atoms. The molecule has 0 atom stereocenters. The van der Waals surface area contributed by atoms with Crippen molar-refractivity contribution in [3.8, 4) is 0 Å².